The molecule has 7 nitrogen and oxygen atoms in total. The third-order valence-corrected chi connectivity index (χ3v) is 7.52. The maximum atomic E-state index is 12.3. The molecule has 0 spiro atoms. The van der Waals surface area contributed by atoms with E-state index < -0.39 is 11.7 Å². The van der Waals surface area contributed by atoms with E-state index in [9.17, 15) is 9.90 Å². The van der Waals surface area contributed by atoms with Crippen molar-refractivity contribution in [2.45, 2.75) is 57.8 Å². The first-order chi connectivity index (χ1) is 16.1. The predicted octanol–water partition coefficient (Wildman–Crippen LogP) is 4.05. The zero-order chi connectivity index (χ0) is 24.5. The number of rotatable bonds is 7. The fraction of sp³-hybridized carbons (Fsp3) is 0.556. The van der Waals surface area contributed by atoms with E-state index in [2.05, 4.69) is 62.0 Å². The normalized spacial score (nSPS) is 20.7. The van der Waals surface area contributed by atoms with Crippen molar-refractivity contribution in [2.75, 3.05) is 33.2 Å². The lowest BCUT2D eigenvalue weighted by Gasteiger charge is -2.56. The van der Waals surface area contributed by atoms with E-state index in [0.29, 0.717) is 38.5 Å². The molecule has 2 saturated heterocycles. The van der Waals surface area contributed by atoms with Gasteiger partial charge >= 0.3 is 6.09 Å². The van der Waals surface area contributed by atoms with Gasteiger partial charge in [0, 0.05) is 49.6 Å². The van der Waals surface area contributed by atoms with Crippen LogP contribution in [0.2, 0.25) is 0 Å². The fourth-order valence-corrected chi connectivity index (χ4v) is 5.54. The number of amides is 1. The molecule has 4 rings (SSSR count). The molecule has 0 bridgehead atoms. The molecule has 0 unspecified atom stereocenters. The summed E-state index contributed by atoms with van der Waals surface area (Å²) in [6.45, 7) is 9.44. The molecular weight excluding hydrogens is 430 g/mol. The molecular formula is C27H37N3O4. The number of hydrogen-bond donors (Lipinski definition) is 2. The number of carboxylic acid groups (broad SMARTS) is 1. The minimum Gasteiger partial charge on any atom is -0.465 e. The summed E-state index contributed by atoms with van der Waals surface area (Å²) in [6, 6.07) is 10.3. The molecule has 2 fully saturated rings. The van der Waals surface area contributed by atoms with Gasteiger partial charge in [-0.3, -0.25) is 4.98 Å². The molecule has 184 valence electrons. The first-order valence-corrected chi connectivity index (χ1v) is 12.2. The SMILES string of the molecule is CC(C)c1ccc([C@](O)(c2cncc(COC3CCN(C(=O)O)CC3)c2)C2(C)CN(C)C2)cc1. The lowest BCUT2D eigenvalue weighted by molar-refractivity contribution is -0.127. The number of aromatic nitrogens is 1. The number of nitrogens with zero attached hydrogens (tertiary/aromatic N) is 3. The van der Waals surface area contributed by atoms with Crippen LogP contribution < -0.4 is 0 Å². The molecule has 1 aromatic carbocycles. The minimum absolute atomic E-state index is 0.0273. The van der Waals surface area contributed by atoms with Crippen LogP contribution in [0.3, 0.4) is 0 Å². The zero-order valence-electron chi connectivity index (χ0n) is 20.7. The van der Waals surface area contributed by atoms with Crippen LogP contribution in [-0.4, -0.2) is 70.4 Å². The number of hydrogen-bond acceptors (Lipinski definition) is 5. The number of aliphatic hydroxyl groups is 1. The average molecular weight is 468 g/mol. The minimum atomic E-state index is -1.18. The molecule has 1 amide bonds. The van der Waals surface area contributed by atoms with Crippen LogP contribution in [0.1, 0.15) is 61.8 Å². The molecule has 2 aliphatic rings. The Bertz CT molecular complexity index is 995. The molecule has 0 saturated carbocycles. The summed E-state index contributed by atoms with van der Waals surface area (Å²) in [5, 5.41) is 21.5. The Labute approximate surface area is 202 Å². The highest BCUT2D eigenvalue weighted by molar-refractivity contribution is 5.65. The van der Waals surface area contributed by atoms with Crippen molar-refractivity contribution in [3.63, 3.8) is 0 Å². The summed E-state index contributed by atoms with van der Waals surface area (Å²) in [5.74, 6) is 0.428. The summed E-state index contributed by atoms with van der Waals surface area (Å²) in [6.07, 6.45) is 4.10. The van der Waals surface area contributed by atoms with Gasteiger partial charge in [0.15, 0.2) is 0 Å². The van der Waals surface area contributed by atoms with E-state index in [1.54, 1.807) is 12.4 Å². The van der Waals surface area contributed by atoms with Crippen LogP contribution >= 0.6 is 0 Å². The number of benzene rings is 1. The third kappa shape index (κ3) is 4.69. The van der Waals surface area contributed by atoms with E-state index in [4.69, 9.17) is 9.84 Å². The van der Waals surface area contributed by atoms with Crippen molar-refractivity contribution < 1.29 is 19.7 Å². The second-order valence-electron chi connectivity index (χ2n) is 10.6. The van der Waals surface area contributed by atoms with Gasteiger partial charge in [0.1, 0.15) is 5.60 Å². The second kappa shape index (κ2) is 9.64. The van der Waals surface area contributed by atoms with Gasteiger partial charge < -0.3 is 24.7 Å². The van der Waals surface area contributed by atoms with Gasteiger partial charge in [-0.25, -0.2) is 4.79 Å². The van der Waals surface area contributed by atoms with Gasteiger partial charge in [-0.1, -0.05) is 45.0 Å². The zero-order valence-corrected chi connectivity index (χ0v) is 20.7. The maximum absolute atomic E-state index is 12.3. The van der Waals surface area contributed by atoms with Crippen LogP contribution in [0.15, 0.2) is 42.7 Å². The highest BCUT2D eigenvalue weighted by atomic mass is 16.5. The molecule has 2 aromatic rings. The van der Waals surface area contributed by atoms with Gasteiger partial charge in [-0.05, 0) is 48.6 Å². The first kappa shape index (κ1) is 24.6. The van der Waals surface area contributed by atoms with Crippen molar-refractivity contribution in [1.82, 2.24) is 14.8 Å². The summed E-state index contributed by atoms with van der Waals surface area (Å²) < 4.78 is 6.11. The van der Waals surface area contributed by atoms with Gasteiger partial charge in [-0.2, -0.15) is 0 Å². The molecule has 34 heavy (non-hydrogen) atoms. The van der Waals surface area contributed by atoms with Crippen molar-refractivity contribution >= 4 is 6.09 Å². The number of likely N-dealkylation sites (tertiary alicyclic amines) is 2. The van der Waals surface area contributed by atoms with Crippen LogP contribution in [0.4, 0.5) is 4.79 Å². The van der Waals surface area contributed by atoms with E-state index in [1.165, 1.54) is 10.5 Å². The van der Waals surface area contributed by atoms with Crippen LogP contribution in [-0.2, 0) is 16.9 Å². The maximum Gasteiger partial charge on any atom is 0.407 e. The molecule has 2 N–H and O–H groups in total. The first-order valence-electron chi connectivity index (χ1n) is 12.2. The Kier molecular flexibility index (Phi) is 6.99. The number of piperidine rings is 1. The van der Waals surface area contributed by atoms with Gasteiger partial charge in [0.05, 0.1) is 12.7 Å². The molecule has 0 aliphatic carbocycles. The summed E-state index contributed by atoms with van der Waals surface area (Å²) >= 11 is 0. The molecule has 2 aliphatic heterocycles. The average Bonchev–Trinajstić information content (AvgIpc) is 2.81. The fourth-order valence-electron chi connectivity index (χ4n) is 5.54. The van der Waals surface area contributed by atoms with Crippen LogP contribution in [0.5, 0.6) is 0 Å². The highest BCUT2D eigenvalue weighted by Crippen LogP contribution is 2.50. The Morgan fingerprint density at radius 1 is 1.18 bits per heavy atom. The standard InChI is InChI=1S/C27H37N3O4/c1-19(2)21-5-7-22(8-6-21)27(33,26(3)17-29(4)18-26)23-13-20(14-28-15-23)16-34-24-9-11-30(12-10-24)25(31)32/h5-8,13-15,19,24,33H,9-12,16-18H2,1-4H3,(H,31,32)/t27-/m0/s1. The van der Waals surface area contributed by atoms with Crippen molar-refractivity contribution in [2.24, 2.45) is 5.41 Å². The third-order valence-electron chi connectivity index (χ3n) is 7.52. The number of carbonyl (C=O) groups is 1. The topological polar surface area (TPSA) is 86.1 Å². The molecule has 1 aromatic heterocycles. The molecule has 0 radical (unpaired) electrons. The lowest BCUT2D eigenvalue weighted by Crippen LogP contribution is -2.63. The van der Waals surface area contributed by atoms with Gasteiger partial charge in [-0.15, -0.1) is 0 Å². The van der Waals surface area contributed by atoms with Gasteiger partial charge in [0.25, 0.3) is 0 Å². The number of ether oxygens (including phenoxy) is 1. The Balaban J connectivity index is 1.56. The summed E-state index contributed by atoms with van der Waals surface area (Å²) in [7, 11) is 2.07. The van der Waals surface area contributed by atoms with E-state index >= 15 is 0 Å². The highest BCUT2D eigenvalue weighted by Gasteiger charge is 2.55. The Morgan fingerprint density at radius 2 is 1.82 bits per heavy atom. The Hall–Kier alpha value is -2.48. The van der Waals surface area contributed by atoms with Gasteiger partial charge in [0.2, 0.25) is 0 Å². The van der Waals surface area contributed by atoms with Crippen LogP contribution in [0.25, 0.3) is 0 Å². The molecule has 1 atom stereocenters. The van der Waals surface area contributed by atoms with E-state index in [-0.39, 0.29) is 11.5 Å². The smallest absolute Gasteiger partial charge is 0.407 e. The van der Waals surface area contributed by atoms with Crippen molar-refractivity contribution in [1.29, 1.82) is 0 Å². The second-order valence-corrected chi connectivity index (χ2v) is 10.6. The quantitative estimate of drug-likeness (QED) is 0.639. The largest absolute Gasteiger partial charge is 0.465 e. The lowest BCUT2D eigenvalue weighted by atomic mass is 9.62. The van der Waals surface area contributed by atoms with Crippen molar-refractivity contribution in [3.8, 4) is 0 Å². The van der Waals surface area contributed by atoms with Crippen LogP contribution in [0, 0.1) is 5.41 Å². The van der Waals surface area contributed by atoms with Crippen molar-refractivity contribution in [3.05, 3.63) is 65.0 Å². The molecule has 3 heterocycles. The number of pyridine rings is 1. The Morgan fingerprint density at radius 3 is 2.38 bits per heavy atom. The van der Waals surface area contributed by atoms with E-state index in [1.807, 2.05) is 6.07 Å². The summed E-state index contributed by atoms with van der Waals surface area (Å²) in [5.41, 5.74) is 2.30. The predicted molar refractivity (Wildman–Crippen MR) is 131 cm³/mol. The summed E-state index contributed by atoms with van der Waals surface area (Å²) in [4.78, 5) is 19.2. The molecule has 7 heteroatoms. The van der Waals surface area contributed by atoms with E-state index in [0.717, 1.165) is 29.8 Å². The monoisotopic (exact) mass is 467 g/mol.